The monoisotopic (exact) mass is 368 g/mol. The van der Waals surface area contributed by atoms with E-state index in [4.69, 9.17) is 0 Å². The van der Waals surface area contributed by atoms with Crippen LogP contribution in [0, 0.1) is 20.8 Å². The van der Waals surface area contributed by atoms with Crippen LogP contribution in [0.4, 0.5) is 5.69 Å². The minimum Gasteiger partial charge on any atom is -0.508 e. The molecule has 2 aromatic carbocycles. The Morgan fingerprint density at radius 3 is 2.73 bits per heavy atom. The number of nitrogens with one attached hydrogen (secondary N) is 1. The SMILES string of the molecule is Cc1ccc(C)c(-n2c(C)nnc2SCC(=O)Nc2cccc(O)c2)c1. The molecule has 3 aromatic rings. The molecular formula is C19H20N4O2S. The van der Waals surface area contributed by atoms with Crippen molar-refractivity contribution in [2.24, 2.45) is 0 Å². The van der Waals surface area contributed by atoms with Gasteiger partial charge in [-0.05, 0) is 50.1 Å². The highest BCUT2D eigenvalue weighted by Crippen LogP contribution is 2.25. The van der Waals surface area contributed by atoms with Crippen molar-refractivity contribution < 1.29 is 9.90 Å². The van der Waals surface area contributed by atoms with Crippen molar-refractivity contribution in [3.63, 3.8) is 0 Å². The lowest BCUT2D eigenvalue weighted by Crippen LogP contribution is -2.14. The molecule has 1 amide bonds. The Bertz CT molecular complexity index is 952. The number of anilines is 1. The molecule has 0 spiro atoms. The summed E-state index contributed by atoms with van der Waals surface area (Å²) >= 11 is 1.32. The fraction of sp³-hybridized carbons (Fsp3) is 0.211. The molecule has 6 nitrogen and oxygen atoms in total. The summed E-state index contributed by atoms with van der Waals surface area (Å²) in [6, 6.07) is 12.7. The highest BCUT2D eigenvalue weighted by Gasteiger charge is 2.15. The summed E-state index contributed by atoms with van der Waals surface area (Å²) in [6.07, 6.45) is 0. The van der Waals surface area contributed by atoms with Gasteiger partial charge in [-0.25, -0.2) is 0 Å². The number of phenols is 1. The Morgan fingerprint density at radius 1 is 1.15 bits per heavy atom. The minimum atomic E-state index is -0.172. The number of thioether (sulfide) groups is 1. The zero-order valence-corrected chi connectivity index (χ0v) is 15.7. The summed E-state index contributed by atoms with van der Waals surface area (Å²) in [5, 5.41) is 21.3. The van der Waals surface area contributed by atoms with Crippen LogP contribution >= 0.6 is 11.8 Å². The summed E-state index contributed by atoms with van der Waals surface area (Å²) in [7, 11) is 0. The van der Waals surface area contributed by atoms with Crippen LogP contribution in [0.2, 0.25) is 0 Å². The zero-order chi connectivity index (χ0) is 18.7. The van der Waals surface area contributed by atoms with E-state index in [0.29, 0.717) is 10.8 Å². The van der Waals surface area contributed by atoms with Gasteiger partial charge >= 0.3 is 0 Å². The van der Waals surface area contributed by atoms with Crippen LogP contribution in [-0.4, -0.2) is 31.5 Å². The Morgan fingerprint density at radius 2 is 1.96 bits per heavy atom. The predicted octanol–water partition coefficient (Wildman–Crippen LogP) is 3.63. The lowest BCUT2D eigenvalue weighted by molar-refractivity contribution is -0.113. The normalized spacial score (nSPS) is 10.7. The number of aryl methyl sites for hydroxylation is 3. The third-order valence-electron chi connectivity index (χ3n) is 3.86. The third kappa shape index (κ3) is 4.05. The molecule has 134 valence electrons. The number of hydrogen-bond acceptors (Lipinski definition) is 5. The Balaban J connectivity index is 1.75. The molecule has 0 aliphatic carbocycles. The van der Waals surface area contributed by atoms with Crippen molar-refractivity contribution >= 4 is 23.4 Å². The Kier molecular flexibility index (Phi) is 5.27. The molecule has 0 aliphatic heterocycles. The molecule has 26 heavy (non-hydrogen) atoms. The molecule has 2 N–H and O–H groups in total. The molecule has 0 aliphatic rings. The topological polar surface area (TPSA) is 80.0 Å². The molecule has 1 aromatic heterocycles. The van der Waals surface area contributed by atoms with Gasteiger partial charge in [0.1, 0.15) is 11.6 Å². The lowest BCUT2D eigenvalue weighted by Gasteiger charge is -2.12. The quantitative estimate of drug-likeness (QED) is 0.672. The van der Waals surface area contributed by atoms with Crippen LogP contribution in [0.1, 0.15) is 17.0 Å². The first-order valence-corrected chi connectivity index (χ1v) is 9.14. The van der Waals surface area contributed by atoms with Crippen molar-refractivity contribution in [1.29, 1.82) is 0 Å². The molecule has 0 bridgehead atoms. The van der Waals surface area contributed by atoms with Crippen LogP contribution in [-0.2, 0) is 4.79 Å². The van der Waals surface area contributed by atoms with Gasteiger partial charge in [-0.2, -0.15) is 0 Å². The number of hydrogen-bond donors (Lipinski definition) is 2. The molecule has 3 rings (SSSR count). The van der Waals surface area contributed by atoms with E-state index in [0.717, 1.165) is 22.6 Å². The molecule has 0 unspecified atom stereocenters. The number of carbonyl (C=O) groups excluding carboxylic acids is 1. The van der Waals surface area contributed by atoms with Crippen molar-refractivity contribution in [2.75, 3.05) is 11.1 Å². The van der Waals surface area contributed by atoms with Crippen molar-refractivity contribution in [2.45, 2.75) is 25.9 Å². The fourth-order valence-corrected chi connectivity index (χ4v) is 3.38. The maximum absolute atomic E-state index is 12.2. The number of benzene rings is 2. The second kappa shape index (κ2) is 7.61. The second-order valence-electron chi connectivity index (χ2n) is 6.04. The molecular weight excluding hydrogens is 348 g/mol. The first kappa shape index (κ1) is 18.0. The largest absolute Gasteiger partial charge is 0.508 e. The average Bonchev–Trinajstić information content (AvgIpc) is 2.96. The molecule has 0 fully saturated rings. The maximum Gasteiger partial charge on any atom is 0.234 e. The lowest BCUT2D eigenvalue weighted by atomic mass is 10.1. The van der Waals surface area contributed by atoms with E-state index >= 15 is 0 Å². The Labute approximate surface area is 156 Å². The van der Waals surface area contributed by atoms with E-state index in [1.165, 1.54) is 17.8 Å². The van der Waals surface area contributed by atoms with Gasteiger partial charge in [-0.15, -0.1) is 10.2 Å². The van der Waals surface area contributed by atoms with Crippen LogP contribution in [0.3, 0.4) is 0 Å². The summed E-state index contributed by atoms with van der Waals surface area (Å²) < 4.78 is 1.97. The third-order valence-corrected chi connectivity index (χ3v) is 4.79. The predicted molar refractivity (Wildman–Crippen MR) is 103 cm³/mol. The summed E-state index contributed by atoms with van der Waals surface area (Å²) in [6.45, 7) is 5.97. The number of aromatic hydroxyl groups is 1. The van der Waals surface area contributed by atoms with Crippen LogP contribution in [0.5, 0.6) is 5.75 Å². The minimum absolute atomic E-state index is 0.112. The first-order chi connectivity index (χ1) is 12.4. The molecule has 0 atom stereocenters. The van der Waals surface area contributed by atoms with Gasteiger partial charge in [0.25, 0.3) is 0 Å². The molecule has 1 heterocycles. The van der Waals surface area contributed by atoms with Gasteiger partial charge < -0.3 is 10.4 Å². The fourth-order valence-electron chi connectivity index (χ4n) is 2.58. The summed E-state index contributed by atoms with van der Waals surface area (Å²) in [4.78, 5) is 12.2. The van der Waals surface area contributed by atoms with Gasteiger partial charge in [0.05, 0.1) is 11.4 Å². The van der Waals surface area contributed by atoms with E-state index < -0.39 is 0 Å². The van der Waals surface area contributed by atoms with Gasteiger partial charge in [0.15, 0.2) is 5.16 Å². The molecule has 0 radical (unpaired) electrons. The number of rotatable bonds is 5. The van der Waals surface area contributed by atoms with Gasteiger partial charge in [0, 0.05) is 11.8 Å². The van der Waals surface area contributed by atoms with E-state index in [2.05, 4.69) is 33.7 Å². The van der Waals surface area contributed by atoms with Crippen LogP contribution in [0.15, 0.2) is 47.6 Å². The summed E-state index contributed by atoms with van der Waals surface area (Å²) in [5.74, 6) is 0.905. The van der Waals surface area contributed by atoms with Gasteiger partial charge in [0.2, 0.25) is 5.91 Å². The molecule has 0 saturated carbocycles. The van der Waals surface area contributed by atoms with E-state index in [-0.39, 0.29) is 17.4 Å². The molecule has 0 saturated heterocycles. The Hall–Kier alpha value is -2.80. The van der Waals surface area contributed by atoms with Crippen molar-refractivity contribution in [1.82, 2.24) is 14.8 Å². The number of aromatic nitrogens is 3. The van der Waals surface area contributed by atoms with Gasteiger partial charge in [-0.3, -0.25) is 9.36 Å². The molecule has 7 heteroatoms. The first-order valence-electron chi connectivity index (χ1n) is 8.15. The van der Waals surface area contributed by atoms with Crippen molar-refractivity contribution in [3.05, 3.63) is 59.4 Å². The second-order valence-corrected chi connectivity index (χ2v) is 6.98. The van der Waals surface area contributed by atoms with E-state index in [1.807, 2.05) is 25.3 Å². The van der Waals surface area contributed by atoms with Crippen LogP contribution < -0.4 is 5.32 Å². The van der Waals surface area contributed by atoms with E-state index in [1.54, 1.807) is 18.2 Å². The van der Waals surface area contributed by atoms with Crippen molar-refractivity contribution in [3.8, 4) is 11.4 Å². The smallest absolute Gasteiger partial charge is 0.234 e. The number of nitrogens with zero attached hydrogens (tertiary/aromatic N) is 3. The van der Waals surface area contributed by atoms with Crippen LogP contribution in [0.25, 0.3) is 5.69 Å². The van der Waals surface area contributed by atoms with Gasteiger partial charge in [-0.1, -0.05) is 30.0 Å². The zero-order valence-electron chi connectivity index (χ0n) is 14.9. The average molecular weight is 368 g/mol. The highest BCUT2D eigenvalue weighted by atomic mass is 32.2. The standard InChI is InChI=1S/C19H20N4O2S/c1-12-7-8-13(2)17(9-12)23-14(3)21-22-19(23)26-11-18(25)20-15-5-4-6-16(24)10-15/h4-10,24H,11H2,1-3H3,(H,20,25). The maximum atomic E-state index is 12.2. The van der Waals surface area contributed by atoms with E-state index in [9.17, 15) is 9.90 Å². The number of carbonyl (C=O) groups is 1. The highest BCUT2D eigenvalue weighted by molar-refractivity contribution is 7.99. The number of phenolic OH excluding ortho intramolecular Hbond substituents is 1. The number of amides is 1. The summed E-state index contributed by atoms with van der Waals surface area (Å²) in [5.41, 5.74) is 3.84.